The summed E-state index contributed by atoms with van der Waals surface area (Å²) in [5.41, 5.74) is 5.42. The Balaban J connectivity index is 0.00000420. The molecule has 8 nitrogen and oxygen atoms in total. The summed E-state index contributed by atoms with van der Waals surface area (Å²) in [6, 6.07) is 6.30. The highest BCUT2D eigenvalue weighted by Gasteiger charge is 2.49. The van der Waals surface area contributed by atoms with E-state index in [2.05, 4.69) is 5.32 Å². The average molecular weight is 427 g/mol. The van der Waals surface area contributed by atoms with Crippen LogP contribution < -0.4 is 15.8 Å². The van der Waals surface area contributed by atoms with Gasteiger partial charge in [-0.05, 0) is 37.0 Å². The van der Waals surface area contributed by atoms with Crippen molar-refractivity contribution >= 4 is 30.3 Å². The molecule has 162 valence electrons. The largest absolute Gasteiger partial charge is 0.497 e. The number of hydrogen-bond donors (Lipinski definition) is 2. The maximum Gasteiger partial charge on any atom is 0.325 e. The number of likely N-dealkylation sites (N-methyl/N-ethyl adjacent to an activating group) is 1. The number of rotatable bonds is 8. The van der Waals surface area contributed by atoms with E-state index >= 15 is 0 Å². The molecule has 1 aliphatic rings. The van der Waals surface area contributed by atoms with Crippen molar-refractivity contribution in [2.45, 2.75) is 38.8 Å². The molecule has 9 heteroatoms. The minimum Gasteiger partial charge on any atom is -0.497 e. The molecule has 0 bridgehead atoms. The van der Waals surface area contributed by atoms with E-state index in [4.69, 9.17) is 10.5 Å². The van der Waals surface area contributed by atoms with Gasteiger partial charge in [0.1, 0.15) is 17.8 Å². The molecule has 1 saturated heterocycles. The van der Waals surface area contributed by atoms with Gasteiger partial charge < -0.3 is 20.7 Å². The number of ether oxygens (including phenoxy) is 1. The Kier molecular flexibility index (Phi) is 8.47. The number of amides is 4. The van der Waals surface area contributed by atoms with Gasteiger partial charge in [0.05, 0.1) is 7.11 Å². The molecule has 0 saturated carbocycles. The smallest absolute Gasteiger partial charge is 0.325 e. The Morgan fingerprint density at radius 3 is 2.38 bits per heavy atom. The molecule has 1 fully saturated rings. The van der Waals surface area contributed by atoms with Crippen molar-refractivity contribution in [2.24, 2.45) is 11.7 Å². The van der Waals surface area contributed by atoms with E-state index in [0.29, 0.717) is 30.2 Å². The fourth-order valence-corrected chi connectivity index (χ4v) is 3.02. The molecular formula is C20H31ClN4O4. The third kappa shape index (κ3) is 5.39. The predicted octanol–water partition coefficient (Wildman–Crippen LogP) is 1.72. The first-order valence-electron chi connectivity index (χ1n) is 9.38. The van der Waals surface area contributed by atoms with Crippen LogP contribution in [0.1, 0.15) is 32.8 Å². The van der Waals surface area contributed by atoms with Gasteiger partial charge in [-0.1, -0.05) is 26.0 Å². The van der Waals surface area contributed by atoms with Crippen molar-refractivity contribution < 1.29 is 19.1 Å². The number of urea groups is 1. The molecule has 0 spiro atoms. The summed E-state index contributed by atoms with van der Waals surface area (Å²) in [6.45, 7) is 5.85. The quantitative estimate of drug-likeness (QED) is 0.616. The Labute approximate surface area is 178 Å². The maximum absolute atomic E-state index is 12.9. The van der Waals surface area contributed by atoms with Crippen molar-refractivity contribution in [3.05, 3.63) is 29.8 Å². The van der Waals surface area contributed by atoms with Gasteiger partial charge in [0.25, 0.3) is 5.91 Å². The van der Waals surface area contributed by atoms with Crippen LogP contribution >= 0.6 is 12.4 Å². The fourth-order valence-electron chi connectivity index (χ4n) is 3.02. The molecule has 3 N–H and O–H groups in total. The lowest BCUT2D eigenvalue weighted by molar-refractivity contribution is -0.138. The normalized spacial score (nSPS) is 19.6. The number of nitrogens with two attached hydrogens (primary N) is 1. The second-order valence-corrected chi connectivity index (χ2v) is 7.69. The molecule has 29 heavy (non-hydrogen) atoms. The third-order valence-electron chi connectivity index (χ3n) is 5.32. The van der Waals surface area contributed by atoms with Crippen LogP contribution in [-0.4, -0.2) is 60.9 Å². The Hall–Kier alpha value is -2.32. The standard InChI is InChI=1S/C20H30N4O4.ClH/c1-13(2)16(21)10-11-23(4)17(25)12-24-18(26)20(3,22-19(24)27)14-6-8-15(28-5)9-7-14;/h6-9,13,16H,10-12,21H2,1-5H3,(H,22,27);1H. The van der Waals surface area contributed by atoms with E-state index < -0.39 is 17.5 Å². The summed E-state index contributed by atoms with van der Waals surface area (Å²) >= 11 is 0. The van der Waals surface area contributed by atoms with Crippen molar-refractivity contribution in [2.75, 3.05) is 27.2 Å². The number of imide groups is 1. The van der Waals surface area contributed by atoms with Gasteiger partial charge in [-0.25, -0.2) is 4.79 Å². The van der Waals surface area contributed by atoms with Crippen LogP contribution in [-0.2, 0) is 15.1 Å². The zero-order chi connectivity index (χ0) is 21.1. The lowest BCUT2D eigenvalue weighted by atomic mass is 9.92. The van der Waals surface area contributed by atoms with Crippen molar-refractivity contribution in [1.29, 1.82) is 0 Å². The van der Waals surface area contributed by atoms with Gasteiger partial charge in [-0.15, -0.1) is 12.4 Å². The molecule has 0 aromatic heterocycles. The zero-order valence-electron chi connectivity index (χ0n) is 17.6. The lowest BCUT2D eigenvalue weighted by Crippen LogP contribution is -2.44. The minimum atomic E-state index is -1.22. The summed E-state index contributed by atoms with van der Waals surface area (Å²) in [5, 5.41) is 2.70. The van der Waals surface area contributed by atoms with Crippen LogP contribution in [0.3, 0.4) is 0 Å². The highest BCUT2D eigenvalue weighted by Crippen LogP contribution is 2.30. The first kappa shape index (κ1) is 24.7. The van der Waals surface area contributed by atoms with Gasteiger partial charge in [0.15, 0.2) is 0 Å². The van der Waals surface area contributed by atoms with Crippen LogP contribution in [0.4, 0.5) is 4.79 Å². The van der Waals surface area contributed by atoms with E-state index in [0.717, 1.165) is 4.90 Å². The third-order valence-corrected chi connectivity index (χ3v) is 5.32. The lowest BCUT2D eigenvalue weighted by Gasteiger charge is -2.24. The zero-order valence-corrected chi connectivity index (χ0v) is 18.4. The average Bonchev–Trinajstić information content (AvgIpc) is 2.89. The van der Waals surface area contributed by atoms with Gasteiger partial charge >= 0.3 is 6.03 Å². The predicted molar refractivity (Wildman–Crippen MR) is 113 cm³/mol. The molecular weight excluding hydrogens is 396 g/mol. The van der Waals surface area contributed by atoms with Crippen LogP contribution in [0.15, 0.2) is 24.3 Å². The van der Waals surface area contributed by atoms with E-state index in [-0.39, 0.29) is 30.9 Å². The molecule has 0 aliphatic carbocycles. The highest BCUT2D eigenvalue weighted by atomic mass is 35.5. The van der Waals surface area contributed by atoms with Crippen molar-refractivity contribution in [3.8, 4) is 5.75 Å². The molecule has 2 atom stereocenters. The van der Waals surface area contributed by atoms with Crippen molar-refractivity contribution in [1.82, 2.24) is 15.1 Å². The highest BCUT2D eigenvalue weighted by molar-refractivity contribution is 6.09. The fraction of sp³-hybridized carbons (Fsp3) is 0.550. The first-order valence-corrected chi connectivity index (χ1v) is 9.38. The second-order valence-electron chi connectivity index (χ2n) is 7.69. The van der Waals surface area contributed by atoms with Crippen LogP contribution in [0.25, 0.3) is 0 Å². The van der Waals surface area contributed by atoms with Crippen LogP contribution in [0, 0.1) is 5.92 Å². The van der Waals surface area contributed by atoms with Crippen LogP contribution in [0.2, 0.25) is 0 Å². The number of nitrogens with one attached hydrogen (secondary N) is 1. The summed E-state index contributed by atoms with van der Waals surface area (Å²) < 4.78 is 5.13. The Morgan fingerprint density at radius 1 is 1.28 bits per heavy atom. The molecule has 0 radical (unpaired) electrons. The number of carbonyl (C=O) groups excluding carboxylic acids is 3. The molecule has 1 heterocycles. The van der Waals surface area contributed by atoms with Gasteiger partial charge in [-0.2, -0.15) is 0 Å². The molecule has 2 rings (SSSR count). The Bertz CT molecular complexity index is 741. The number of carbonyl (C=O) groups is 3. The summed E-state index contributed by atoms with van der Waals surface area (Å²) in [4.78, 5) is 40.3. The summed E-state index contributed by atoms with van der Waals surface area (Å²) in [7, 11) is 3.20. The van der Waals surface area contributed by atoms with E-state index in [1.54, 1.807) is 45.3 Å². The number of hydrogen-bond acceptors (Lipinski definition) is 5. The maximum atomic E-state index is 12.9. The SMILES string of the molecule is COc1ccc(C2(C)NC(=O)N(CC(=O)N(C)CCC(N)C(C)C)C2=O)cc1.Cl. The Morgan fingerprint density at radius 2 is 1.86 bits per heavy atom. The topological polar surface area (TPSA) is 105 Å². The van der Waals surface area contributed by atoms with Crippen molar-refractivity contribution in [3.63, 3.8) is 0 Å². The molecule has 1 aromatic rings. The molecule has 1 aromatic carbocycles. The molecule has 4 amide bonds. The number of halogens is 1. The summed E-state index contributed by atoms with van der Waals surface area (Å²) in [5.74, 6) is 0.207. The number of methoxy groups -OCH3 is 1. The minimum absolute atomic E-state index is 0. The van der Waals surface area contributed by atoms with Gasteiger partial charge in [0, 0.05) is 19.6 Å². The number of benzene rings is 1. The number of nitrogens with zero attached hydrogens (tertiary/aromatic N) is 2. The second kappa shape index (κ2) is 9.93. The molecule has 2 unspecified atom stereocenters. The van der Waals surface area contributed by atoms with Gasteiger partial charge in [0.2, 0.25) is 5.91 Å². The van der Waals surface area contributed by atoms with E-state index in [1.807, 2.05) is 13.8 Å². The van der Waals surface area contributed by atoms with E-state index in [1.165, 1.54) is 4.90 Å². The summed E-state index contributed by atoms with van der Waals surface area (Å²) in [6.07, 6.45) is 0.656. The van der Waals surface area contributed by atoms with Gasteiger partial charge in [-0.3, -0.25) is 14.5 Å². The first-order chi connectivity index (χ1) is 13.1. The monoisotopic (exact) mass is 426 g/mol. The van der Waals surface area contributed by atoms with Crippen LogP contribution in [0.5, 0.6) is 5.75 Å². The van der Waals surface area contributed by atoms with E-state index in [9.17, 15) is 14.4 Å². The molecule has 1 aliphatic heterocycles.